The Kier molecular flexibility index (Phi) is 6.11. The van der Waals surface area contributed by atoms with Crippen LogP contribution in [0.5, 0.6) is 0 Å². The van der Waals surface area contributed by atoms with E-state index in [1.54, 1.807) is 13.0 Å². The molecule has 0 radical (unpaired) electrons. The van der Waals surface area contributed by atoms with Crippen molar-refractivity contribution < 1.29 is 19.1 Å². The van der Waals surface area contributed by atoms with Crippen molar-refractivity contribution in [3.05, 3.63) is 59.0 Å². The molecule has 0 bridgehead atoms. The molecule has 1 aliphatic rings. The van der Waals surface area contributed by atoms with Crippen LogP contribution >= 0.6 is 0 Å². The highest BCUT2D eigenvalue weighted by Crippen LogP contribution is 2.30. The molecule has 144 valence electrons. The molecule has 27 heavy (non-hydrogen) atoms. The summed E-state index contributed by atoms with van der Waals surface area (Å²) in [6.07, 6.45) is 2.97. The molecular weight excluding hydrogens is 342 g/mol. The topological polar surface area (TPSA) is 79.5 Å². The number of ketones is 1. The van der Waals surface area contributed by atoms with Crippen LogP contribution in [0.15, 0.2) is 40.8 Å². The molecule has 1 aromatic heterocycles. The number of aliphatic hydroxyl groups is 1. The Morgan fingerprint density at radius 3 is 2.48 bits per heavy atom. The van der Waals surface area contributed by atoms with Gasteiger partial charge in [-0.25, -0.2) is 0 Å². The highest BCUT2D eigenvalue weighted by Gasteiger charge is 2.28. The molecule has 1 aromatic carbocycles. The van der Waals surface area contributed by atoms with E-state index in [4.69, 9.17) is 4.42 Å². The van der Waals surface area contributed by atoms with Gasteiger partial charge in [0.05, 0.1) is 11.7 Å². The van der Waals surface area contributed by atoms with E-state index in [1.165, 1.54) is 0 Å². The van der Waals surface area contributed by atoms with E-state index in [2.05, 4.69) is 5.32 Å². The SMILES string of the molecule is CCC(=O)c1cc(C(=O)NC2CCC(O)CC2)c(C(C)c2ccccc2)o1. The molecule has 1 unspecified atom stereocenters. The van der Waals surface area contributed by atoms with Crippen molar-refractivity contribution in [3.8, 4) is 0 Å². The Bertz CT molecular complexity index is 788. The zero-order chi connectivity index (χ0) is 19.4. The van der Waals surface area contributed by atoms with Crippen molar-refractivity contribution in [2.75, 3.05) is 0 Å². The van der Waals surface area contributed by atoms with Crippen LogP contribution in [0.2, 0.25) is 0 Å². The first-order chi connectivity index (χ1) is 13.0. The number of nitrogens with one attached hydrogen (secondary N) is 1. The molecule has 5 heteroatoms. The normalized spacial score (nSPS) is 20.9. The van der Waals surface area contributed by atoms with E-state index in [0.29, 0.717) is 30.6 Å². The number of aliphatic hydroxyl groups excluding tert-OH is 1. The number of carbonyl (C=O) groups is 2. The largest absolute Gasteiger partial charge is 0.456 e. The molecule has 3 rings (SSSR count). The van der Waals surface area contributed by atoms with Crippen LogP contribution in [0.4, 0.5) is 0 Å². The first kappa shape index (κ1) is 19.4. The second-order valence-electron chi connectivity index (χ2n) is 7.28. The fourth-order valence-corrected chi connectivity index (χ4v) is 3.59. The summed E-state index contributed by atoms with van der Waals surface area (Å²) in [6, 6.07) is 11.4. The third kappa shape index (κ3) is 4.48. The van der Waals surface area contributed by atoms with E-state index in [9.17, 15) is 14.7 Å². The second-order valence-corrected chi connectivity index (χ2v) is 7.28. The molecule has 1 heterocycles. The Morgan fingerprint density at radius 1 is 1.19 bits per heavy atom. The average Bonchev–Trinajstić information content (AvgIpc) is 3.15. The summed E-state index contributed by atoms with van der Waals surface area (Å²) in [6.45, 7) is 3.75. The predicted molar refractivity (Wildman–Crippen MR) is 103 cm³/mol. The number of amides is 1. The van der Waals surface area contributed by atoms with Gasteiger partial charge >= 0.3 is 0 Å². The Balaban J connectivity index is 1.87. The van der Waals surface area contributed by atoms with Crippen LogP contribution in [-0.4, -0.2) is 28.9 Å². The molecule has 1 aliphatic carbocycles. The third-order valence-electron chi connectivity index (χ3n) is 5.33. The zero-order valence-electron chi connectivity index (χ0n) is 15.9. The molecule has 5 nitrogen and oxygen atoms in total. The van der Waals surface area contributed by atoms with Crippen molar-refractivity contribution in [1.29, 1.82) is 0 Å². The fraction of sp³-hybridized carbons (Fsp3) is 0.455. The molecule has 1 amide bonds. The summed E-state index contributed by atoms with van der Waals surface area (Å²) in [5.74, 6) is 0.286. The van der Waals surface area contributed by atoms with Gasteiger partial charge in [-0.15, -0.1) is 0 Å². The lowest BCUT2D eigenvalue weighted by atomic mass is 9.92. The number of hydrogen-bond acceptors (Lipinski definition) is 4. The standard InChI is InChI=1S/C22H27NO4/c1-3-19(25)20-13-18(22(26)23-16-9-11-17(24)12-10-16)21(27-20)14(2)15-7-5-4-6-8-15/h4-8,13-14,16-17,24H,3,9-12H2,1-2H3,(H,23,26). The molecule has 0 saturated heterocycles. The maximum atomic E-state index is 12.9. The highest BCUT2D eigenvalue weighted by molar-refractivity contribution is 6.00. The van der Waals surface area contributed by atoms with Gasteiger partial charge in [-0.3, -0.25) is 9.59 Å². The smallest absolute Gasteiger partial charge is 0.255 e. The van der Waals surface area contributed by atoms with Gasteiger partial charge in [-0.1, -0.05) is 44.2 Å². The zero-order valence-corrected chi connectivity index (χ0v) is 15.9. The Hall–Kier alpha value is -2.40. The lowest BCUT2D eigenvalue weighted by Crippen LogP contribution is -2.38. The minimum atomic E-state index is -0.269. The predicted octanol–water partition coefficient (Wildman–Crippen LogP) is 4.06. The number of furan rings is 1. The van der Waals surface area contributed by atoms with Crippen LogP contribution in [0.3, 0.4) is 0 Å². The van der Waals surface area contributed by atoms with Gasteiger partial charge in [-0.2, -0.15) is 0 Å². The number of benzene rings is 1. The first-order valence-electron chi connectivity index (χ1n) is 9.70. The minimum Gasteiger partial charge on any atom is -0.456 e. The summed E-state index contributed by atoms with van der Waals surface area (Å²) in [4.78, 5) is 25.1. The molecule has 2 aromatic rings. The maximum Gasteiger partial charge on any atom is 0.255 e. The van der Waals surface area contributed by atoms with Crippen LogP contribution in [0.25, 0.3) is 0 Å². The van der Waals surface area contributed by atoms with Gasteiger partial charge in [0.25, 0.3) is 5.91 Å². The van der Waals surface area contributed by atoms with E-state index in [-0.39, 0.29) is 35.5 Å². The maximum absolute atomic E-state index is 12.9. The van der Waals surface area contributed by atoms with Crippen LogP contribution < -0.4 is 5.32 Å². The Morgan fingerprint density at radius 2 is 1.85 bits per heavy atom. The van der Waals surface area contributed by atoms with Crippen LogP contribution in [0.1, 0.15) is 84.1 Å². The van der Waals surface area contributed by atoms with Gasteiger partial charge in [0.15, 0.2) is 11.5 Å². The molecule has 1 saturated carbocycles. The molecule has 1 fully saturated rings. The average molecular weight is 369 g/mol. The minimum absolute atomic E-state index is 0.0426. The van der Waals surface area contributed by atoms with Gasteiger partial charge in [0, 0.05) is 24.4 Å². The van der Waals surface area contributed by atoms with Gasteiger partial charge in [0.1, 0.15) is 5.76 Å². The highest BCUT2D eigenvalue weighted by atomic mass is 16.3. The van der Waals surface area contributed by atoms with Crippen LogP contribution in [-0.2, 0) is 0 Å². The van der Waals surface area contributed by atoms with E-state index >= 15 is 0 Å². The lowest BCUT2D eigenvalue weighted by Gasteiger charge is -2.26. The van der Waals surface area contributed by atoms with Gasteiger partial charge in [0.2, 0.25) is 0 Å². The quantitative estimate of drug-likeness (QED) is 0.753. The van der Waals surface area contributed by atoms with Crippen LogP contribution in [0, 0.1) is 0 Å². The molecule has 2 N–H and O–H groups in total. The van der Waals surface area contributed by atoms with Crippen molar-refractivity contribution >= 4 is 11.7 Å². The number of carbonyl (C=O) groups excluding carboxylic acids is 2. The number of Topliss-reactive ketones (excluding diaryl/α,β-unsaturated/α-hetero) is 1. The summed E-state index contributed by atoms with van der Waals surface area (Å²) in [7, 11) is 0. The third-order valence-corrected chi connectivity index (χ3v) is 5.33. The van der Waals surface area contributed by atoms with E-state index in [1.807, 2.05) is 37.3 Å². The molecule has 0 aliphatic heterocycles. The van der Waals surface area contributed by atoms with Crippen molar-refractivity contribution in [1.82, 2.24) is 5.32 Å². The monoisotopic (exact) mass is 369 g/mol. The summed E-state index contributed by atoms with van der Waals surface area (Å²) in [5.41, 5.74) is 1.45. The summed E-state index contributed by atoms with van der Waals surface area (Å²) < 4.78 is 5.86. The van der Waals surface area contributed by atoms with E-state index < -0.39 is 0 Å². The lowest BCUT2D eigenvalue weighted by molar-refractivity contribution is 0.0865. The second kappa shape index (κ2) is 8.53. The number of hydrogen-bond donors (Lipinski definition) is 2. The van der Waals surface area contributed by atoms with Gasteiger partial charge < -0.3 is 14.8 Å². The fourth-order valence-electron chi connectivity index (χ4n) is 3.59. The Labute approximate surface area is 159 Å². The first-order valence-corrected chi connectivity index (χ1v) is 9.70. The van der Waals surface area contributed by atoms with E-state index in [0.717, 1.165) is 18.4 Å². The van der Waals surface area contributed by atoms with Crippen molar-refractivity contribution in [2.45, 2.75) is 64.0 Å². The molecular formula is C22H27NO4. The number of rotatable bonds is 6. The molecule has 0 spiro atoms. The van der Waals surface area contributed by atoms with Crippen molar-refractivity contribution in [3.63, 3.8) is 0 Å². The summed E-state index contributed by atoms with van der Waals surface area (Å²) in [5, 5.41) is 12.7. The van der Waals surface area contributed by atoms with Crippen molar-refractivity contribution in [2.24, 2.45) is 0 Å². The van der Waals surface area contributed by atoms with Gasteiger partial charge in [-0.05, 0) is 31.2 Å². The summed E-state index contributed by atoms with van der Waals surface area (Å²) >= 11 is 0. The molecule has 1 atom stereocenters.